The van der Waals surface area contributed by atoms with E-state index in [-0.39, 0.29) is 17.4 Å². The fourth-order valence-electron chi connectivity index (χ4n) is 2.99. The van der Waals surface area contributed by atoms with E-state index in [0.29, 0.717) is 17.9 Å². The Bertz CT molecular complexity index is 1200. The molecular formula is C25H21FN2O3. The van der Waals surface area contributed by atoms with Gasteiger partial charge in [0.25, 0.3) is 5.91 Å². The average Bonchev–Trinajstić information content (AvgIpc) is 3.26. The van der Waals surface area contributed by atoms with E-state index in [1.807, 2.05) is 49.4 Å². The summed E-state index contributed by atoms with van der Waals surface area (Å²) in [5.41, 5.74) is 4.12. The number of aromatic nitrogens is 1. The minimum atomic E-state index is -0.354. The molecule has 3 aromatic carbocycles. The van der Waals surface area contributed by atoms with Crippen molar-refractivity contribution < 1.29 is 18.4 Å². The van der Waals surface area contributed by atoms with Crippen LogP contribution in [0.4, 0.5) is 4.39 Å². The third-order valence-corrected chi connectivity index (χ3v) is 4.96. The highest BCUT2D eigenvalue weighted by Gasteiger charge is 2.13. The number of rotatable bonds is 6. The lowest BCUT2D eigenvalue weighted by Crippen LogP contribution is -2.22. The van der Waals surface area contributed by atoms with Gasteiger partial charge in [-0.25, -0.2) is 4.39 Å². The molecule has 1 aromatic heterocycles. The summed E-state index contributed by atoms with van der Waals surface area (Å²) in [6, 6.07) is 20.8. The van der Waals surface area contributed by atoms with Crippen LogP contribution >= 0.6 is 0 Å². The first-order valence-electron chi connectivity index (χ1n) is 9.83. The highest BCUT2D eigenvalue weighted by atomic mass is 19.1. The Morgan fingerprint density at radius 3 is 2.35 bits per heavy atom. The molecule has 0 spiro atoms. The molecule has 1 heterocycles. The lowest BCUT2D eigenvalue weighted by Gasteiger charge is -2.09. The number of amides is 1. The van der Waals surface area contributed by atoms with Gasteiger partial charge in [0.05, 0.1) is 0 Å². The average molecular weight is 416 g/mol. The first kappa shape index (κ1) is 20.3. The Morgan fingerprint density at radius 1 is 0.935 bits per heavy atom. The lowest BCUT2D eigenvalue weighted by molar-refractivity contribution is 0.0942. The molecule has 0 unspecified atom stereocenters. The van der Waals surface area contributed by atoms with Gasteiger partial charge in [0.1, 0.15) is 17.3 Å². The number of benzene rings is 3. The molecule has 0 saturated carbocycles. The van der Waals surface area contributed by atoms with Crippen LogP contribution in [0.15, 0.2) is 77.3 Å². The van der Waals surface area contributed by atoms with Crippen LogP contribution in [0.3, 0.4) is 0 Å². The number of nitrogens with one attached hydrogen (secondary N) is 1. The molecular weight excluding hydrogens is 395 g/mol. The molecule has 5 nitrogen and oxygen atoms in total. The summed E-state index contributed by atoms with van der Waals surface area (Å²) in [6.45, 7) is 4.44. The summed E-state index contributed by atoms with van der Waals surface area (Å²) in [6.07, 6.45) is 0. The highest BCUT2D eigenvalue weighted by molar-refractivity contribution is 5.93. The molecule has 0 aliphatic rings. The van der Waals surface area contributed by atoms with E-state index in [1.54, 1.807) is 12.1 Å². The molecule has 0 atom stereocenters. The summed E-state index contributed by atoms with van der Waals surface area (Å²) in [5.74, 6) is 1.21. The van der Waals surface area contributed by atoms with Gasteiger partial charge in [-0.05, 0) is 79.1 Å². The molecule has 0 fully saturated rings. The molecule has 0 aliphatic heterocycles. The van der Waals surface area contributed by atoms with Gasteiger partial charge in [-0.15, -0.1) is 0 Å². The zero-order chi connectivity index (χ0) is 21.8. The fraction of sp³-hybridized carbons (Fsp3) is 0.120. The molecule has 4 aromatic rings. The van der Waals surface area contributed by atoms with Gasteiger partial charge in [0.2, 0.25) is 0 Å². The first-order chi connectivity index (χ1) is 15.0. The molecule has 6 heteroatoms. The third-order valence-electron chi connectivity index (χ3n) is 4.96. The Hall–Kier alpha value is -3.93. The van der Waals surface area contributed by atoms with Crippen molar-refractivity contribution >= 4 is 5.91 Å². The van der Waals surface area contributed by atoms with Crippen molar-refractivity contribution in [3.05, 3.63) is 101 Å². The standard InChI is InChI=1S/C25H21FN2O3/c1-16-3-10-22(13-17(16)2)30-21-11-4-18(5-12-21)15-27-25(29)23-14-24(31-28-23)19-6-8-20(26)9-7-19/h3-14H,15H2,1-2H3,(H,27,29). The van der Waals surface area contributed by atoms with Gasteiger partial charge >= 0.3 is 0 Å². The molecule has 0 aliphatic carbocycles. The number of hydrogen-bond donors (Lipinski definition) is 1. The van der Waals surface area contributed by atoms with Crippen molar-refractivity contribution in [2.45, 2.75) is 20.4 Å². The van der Waals surface area contributed by atoms with Crippen molar-refractivity contribution in [3.8, 4) is 22.8 Å². The lowest BCUT2D eigenvalue weighted by atomic mass is 10.1. The second-order valence-corrected chi connectivity index (χ2v) is 7.26. The minimum absolute atomic E-state index is 0.161. The number of hydrogen-bond acceptors (Lipinski definition) is 4. The molecule has 0 bridgehead atoms. The van der Waals surface area contributed by atoms with Crippen LogP contribution in [-0.4, -0.2) is 11.1 Å². The van der Waals surface area contributed by atoms with E-state index in [2.05, 4.69) is 17.4 Å². The van der Waals surface area contributed by atoms with E-state index < -0.39 is 0 Å². The number of aryl methyl sites for hydroxylation is 2. The predicted octanol–water partition coefficient (Wildman–Crippen LogP) is 5.82. The molecule has 0 radical (unpaired) electrons. The van der Waals surface area contributed by atoms with Crippen LogP contribution in [0.25, 0.3) is 11.3 Å². The Morgan fingerprint density at radius 2 is 1.65 bits per heavy atom. The quantitative estimate of drug-likeness (QED) is 0.430. The zero-order valence-corrected chi connectivity index (χ0v) is 17.2. The van der Waals surface area contributed by atoms with E-state index >= 15 is 0 Å². The Kier molecular flexibility index (Phi) is 5.80. The number of carbonyl (C=O) groups is 1. The van der Waals surface area contributed by atoms with Crippen LogP contribution in [0.2, 0.25) is 0 Å². The van der Waals surface area contributed by atoms with E-state index in [1.165, 1.54) is 29.3 Å². The van der Waals surface area contributed by atoms with Crippen LogP contribution in [-0.2, 0) is 6.54 Å². The summed E-state index contributed by atoms with van der Waals surface area (Å²) < 4.78 is 24.1. The second-order valence-electron chi connectivity index (χ2n) is 7.26. The van der Waals surface area contributed by atoms with Gasteiger partial charge in [-0.1, -0.05) is 23.4 Å². The zero-order valence-electron chi connectivity index (χ0n) is 17.2. The van der Waals surface area contributed by atoms with Gasteiger partial charge in [0, 0.05) is 18.2 Å². The minimum Gasteiger partial charge on any atom is -0.457 e. The van der Waals surface area contributed by atoms with E-state index in [4.69, 9.17) is 9.26 Å². The molecule has 0 saturated heterocycles. The monoisotopic (exact) mass is 416 g/mol. The smallest absolute Gasteiger partial charge is 0.273 e. The van der Waals surface area contributed by atoms with Gasteiger partial charge < -0.3 is 14.6 Å². The summed E-state index contributed by atoms with van der Waals surface area (Å²) in [5, 5.41) is 6.61. The van der Waals surface area contributed by atoms with Crippen LogP contribution in [0, 0.1) is 19.7 Å². The molecule has 4 rings (SSSR count). The van der Waals surface area contributed by atoms with Crippen molar-refractivity contribution in [2.75, 3.05) is 0 Å². The first-order valence-corrected chi connectivity index (χ1v) is 9.83. The molecule has 1 N–H and O–H groups in total. The number of ether oxygens (including phenoxy) is 1. The van der Waals surface area contributed by atoms with E-state index in [0.717, 1.165) is 17.1 Å². The van der Waals surface area contributed by atoms with Gasteiger partial charge in [-0.2, -0.15) is 0 Å². The second kappa shape index (κ2) is 8.83. The van der Waals surface area contributed by atoms with Crippen LogP contribution in [0.1, 0.15) is 27.2 Å². The van der Waals surface area contributed by atoms with Gasteiger partial charge in [-0.3, -0.25) is 4.79 Å². The maximum atomic E-state index is 13.0. The predicted molar refractivity (Wildman–Crippen MR) is 115 cm³/mol. The SMILES string of the molecule is Cc1ccc(Oc2ccc(CNC(=O)c3cc(-c4ccc(F)cc4)on3)cc2)cc1C. The summed E-state index contributed by atoms with van der Waals surface area (Å²) >= 11 is 0. The fourth-order valence-corrected chi connectivity index (χ4v) is 2.99. The third kappa shape index (κ3) is 4.98. The topological polar surface area (TPSA) is 64.4 Å². The summed E-state index contributed by atoms with van der Waals surface area (Å²) in [7, 11) is 0. The molecule has 31 heavy (non-hydrogen) atoms. The largest absolute Gasteiger partial charge is 0.457 e. The number of carbonyl (C=O) groups excluding carboxylic acids is 1. The highest BCUT2D eigenvalue weighted by Crippen LogP contribution is 2.24. The maximum absolute atomic E-state index is 13.0. The van der Waals surface area contributed by atoms with E-state index in [9.17, 15) is 9.18 Å². The van der Waals surface area contributed by atoms with Crippen molar-refractivity contribution in [1.29, 1.82) is 0 Å². The number of nitrogens with zero attached hydrogens (tertiary/aromatic N) is 1. The summed E-state index contributed by atoms with van der Waals surface area (Å²) in [4.78, 5) is 12.4. The van der Waals surface area contributed by atoms with Gasteiger partial charge in [0.15, 0.2) is 11.5 Å². The Labute approximate surface area is 179 Å². The van der Waals surface area contributed by atoms with Crippen LogP contribution in [0.5, 0.6) is 11.5 Å². The van der Waals surface area contributed by atoms with Crippen molar-refractivity contribution in [3.63, 3.8) is 0 Å². The van der Waals surface area contributed by atoms with Crippen molar-refractivity contribution in [1.82, 2.24) is 10.5 Å². The van der Waals surface area contributed by atoms with Crippen molar-refractivity contribution in [2.24, 2.45) is 0 Å². The van der Waals surface area contributed by atoms with Crippen LogP contribution < -0.4 is 10.1 Å². The molecule has 1 amide bonds. The maximum Gasteiger partial charge on any atom is 0.273 e. The Balaban J connectivity index is 1.34. The number of halogens is 1. The normalized spacial score (nSPS) is 10.7. The molecule has 156 valence electrons.